The molecule has 2 rings (SSSR count). The highest BCUT2D eigenvalue weighted by molar-refractivity contribution is 6.00. The number of carboxylic acids is 1. The van der Waals surface area contributed by atoms with Crippen molar-refractivity contribution in [3.8, 4) is 0 Å². The quantitative estimate of drug-likeness (QED) is 0.798. The molecule has 0 aromatic heterocycles. The Hall–Kier alpha value is -1.98. The van der Waals surface area contributed by atoms with Crippen molar-refractivity contribution in [2.45, 2.75) is 19.1 Å². The van der Waals surface area contributed by atoms with Gasteiger partial charge in [0.2, 0.25) is 5.91 Å². The number of carboxylic acid groups (broad SMARTS) is 1. The molecule has 0 spiro atoms. The van der Waals surface area contributed by atoms with Crippen LogP contribution < -0.4 is 4.90 Å². The number of carbonyl (C=O) groups excluding carboxylic acids is 1. The molecule has 0 saturated carbocycles. The van der Waals surface area contributed by atoms with E-state index >= 15 is 0 Å². The third-order valence-corrected chi connectivity index (χ3v) is 2.61. The lowest BCUT2D eigenvalue weighted by Crippen LogP contribution is -2.45. The molecule has 1 N–H and O–H groups in total. The van der Waals surface area contributed by atoms with E-state index < -0.39 is 24.0 Å². The number of carbonyl (C=O) groups is 2. The fraction of sp³-hybridized carbons (Fsp3) is 0.273. The number of benzene rings is 1. The molecule has 1 unspecified atom stereocenters. The van der Waals surface area contributed by atoms with Gasteiger partial charge in [-0.25, -0.2) is 13.6 Å². The molecule has 1 aliphatic heterocycles. The van der Waals surface area contributed by atoms with Crippen molar-refractivity contribution in [2.24, 2.45) is 0 Å². The van der Waals surface area contributed by atoms with Gasteiger partial charge >= 0.3 is 5.97 Å². The third kappa shape index (κ3) is 1.98. The van der Waals surface area contributed by atoms with Crippen LogP contribution >= 0.6 is 0 Å². The number of nitrogens with zero attached hydrogens (tertiary/aromatic N) is 1. The fourth-order valence-corrected chi connectivity index (χ4v) is 1.84. The Morgan fingerprint density at radius 3 is 2.76 bits per heavy atom. The number of fused-ring (bicyclic) bond motifs is 1. The minimum absolute atomic E-state index is 0.0237. The van der Waals surface area contributed by atoms with Gasteiger partial charge in [0.1, 0.15) is 5.82 Å². The monoisotopic (exact) mass is 241 g/mol. The molecule has 1 amide bonds. The van der Waals surface area contributed by atoms with E-state index in [0.717, 1.165) is 6.07 Å². The first-order valence-corrected chi connectivity index (χ1v) is 4.98. The Kier molecular flexibility index (Phi) is 2.79. The summed E-state index contributed by atoms with van der Waals surface area (Å²) in [5, 5.41) is 8.59. The normalized spacial score (nSPS) is 16.6. The van der Waals surface area contributed by atoms with Crippen LogP contribution in [0.15, 0.2) is 18.2 Å². The minimum Gasteiger partial charge on any atom is -0.478 e. The van der Waals surface area contributed by atoms with Crippen LogP contribution in [0.25, 0.3) is 0 Å². The Bertz CT molecular complexity index is 490. The molecule has 4 nitrogen and oxygen atoms in total. The molecule has 1 atom stereocenters. The molecule has 1 aromatic carbocycles. The smallest absolute Gasteiger partial charge is 0.360 e. The third-order valence-electron chi connectivity index (χ3n) is 2.61. The van der Waals surface area contributed by atoms with Crippen molar-refractivity contribution >= 4 is 17.6 Å². The predicted molar refractivity (Wildman–Crippen MR) is 54.7 cm³/mol. The van der Waals surface area contributed by atoms with E-state index in [4.69, 9.17) is 5.11 Å². The number of alkyl halides is 1. The Morgan fingerprint density at radius 1 is 1.41 bits per heavy atom. The maximum absolute atomic E-state index is 13.5. The van der Waals surface area contributed by atoms with Gasteiger partial charge in [-0.1, -0.05) is 0 Å². The lowest BCUT2D eigenvalue weighted by atomic mass is 10.0. The molecule has 1 aliphatic rings. The maximum atomic E-state index is 13.5. The maximum Gasteiger partial charge on any atom is 0.360 e. The van der Waals surface area contributed by atoms with Crippen LogP contribution in [0.5, 0.6) is 0 Å². The zero-order valence-electron chi connectivity index (χ0n) is 8.69. The summed E-state index contributed by atoms with van der Waals surface area (Å²) < 4.78 is 26.4. The molecular formula is C11H9F2NO3. The van der Waals surface area contributed by atoms with E-state index in [1.54, 1.807) is 0 Å². The zero-order valence-corrected chi connectivity index (χ0v) is 8.69. The molecule has 0 saturated heterocycles. The van der Waals surface area contributed by atoms with E-state index in [-0.39, 0.29) is 18.5 Å². The highest BCUT2D eigenvalue weighted by atomic mass is 19.1. The number of aryl methyl sites for hydroxylation is 1. The van der Waals surface area contributed by atoms with Gasteiger partial charge in [-0.3, -0.25) is 9.69 Å². The fourth-order valence-electron chi connectivity index (χ4n) is 1.84. The number of rotatable bonds is 2. The van der Waals surface area contributed by atoms with Crippen molar-refractivity contribution in [2.75, 3.05) is 4.90 Å². The minimum atomic E-state index is -2.44. The zero-order chi connectivity index (χ0) is 12.6. The van der Waals surface area contributed by atoms with Gasteiger partial charge in [0.25, 0.3) is 6.30 Å². The Labute approximate surface area is 95.5 Å². The molecule has 1 heterocycles. The molecule has 0 bridgehead atoms. The molecular weight excluding hydrogens is 232 g/mol. The standard InChI is InChI=1S/C11H9F2NO3/c12-7-2-3-8-6(5-7)1-4-9(15)14(8)10(13)11(16)17/h2-3,5,10H,1,4H2,(H,16,17). The molecule has 90 valence electrons. The second-order valence-corrected chi connectivity index (χ2v) is 3.71. The first-order valence-electron chi connectivity index (χ1n) is 4.98. The van der Waals surface area contributed by atoms with Gasteiger partial charge in [0, 0.05) is 6.42 Å². The summed E-state index contributed by atoms with van der Waals surface area (Å²) >= 11 is 0. The van der Waals surface area contributed by atoms with E-state index in [1.807, 2.05) is 0 Å². The first kappa shape index (κ1) is 11.5. The summed E-state index contributed by atoms with van der Waals surface area (Å²) in [6, 6.07) is 3.47. The van der Waals surface area contributed by atoms with Crippen LogP contribution in [-0.4, -0.2) is 23.3 Å². The molecule has 1 aromatic rings. The van der Waals surface area contributed by atoms with Crippen LogP contribution in [0.4, 0.5) is 14.5 Å². The van der Waals surface area contributed by atoms with Crippen LogP contribution in [-0.2, 0) is 16.0 Å². The molecule has 17 heavy (non-hydrogen) atoms. The summed E-state index contributed by atoms with van der Waals surface area (Å²) in [5.74, 6) is -2.85. The van der Waals surface area contributed by atoms with Crippen LogP contribution in [0, 0.1) is 5.82 Å². The van der Waals surface area contributed by atoms with Gasteiger partial charge in [0.05, 0.1) is 5.69 Å². The number of hydrogen-bond donors (Lipinski definition) is 1. The number of hydrogen-bond acceptors (Lipinski definition) is 2. The van der Waals surface area contributed by atoms with Gasteiger partial charge in [-0.15, -0.1) is 0 Å². The first-order chi connectivity index (χ1) is 8.00. The summed E-state index contributed by atoms with van der Waals surface area (Å²) in [7, 11) is 0. The summed E-state index contributed by atoms with van der Waals surface area (Å²) in [6.07, 6.45) is -2.18. The number of anilines is 1. The van der Waals surface area contributed by atoms with Gasteiger partial charge in [-0.2, -0.15) is 0 Å². The number of aliphatic carboxylic acids is 1. The van der Waals surface area contributed by atoms with E-state index in [1.165, 1.54) is 12.1 Å². The van der Waals surface area contributed by atoms with Gasteiger partial charge in [-0.05, 0) is 30.2 Å². The lowest BCUT2D eigenvalue weighted by Gasteiger charge is -2.30. The Balaban J connectivity index is 2.47. The van der Waals surface area contributed by atoms with E-state index in [9.17, 15) is 18.4 Å². The predicted octanol–water partition coefficient (Wildman–Crippen LogP) is 1.49. The number of halogens is 2. The van der Waals surface area contributed by atoms with Crippen molar-refractivity contribution < 1.29 is 23.5 Å². The van der Waals surface area contributed by atoms with Crippen LogP contribution in [0.2, 0.25) is 0 Å². The second kappa shape index (κ2) is 4.12. The van der Waals surface area contributed by atoms with Crippen molar-refractivity contribution in [1.82, 2.24) is 0 Å². The Morgan fingerprint density at radius 2 is 2.12 bits per heavy atom. The summed E-state index contributed by atoms with van der Waals surface area (Å²) in [6.45, 7) is 0. The van der Waals surface area contributed by atoms with Crippen molar-refractivity contribution in [3.05, 3.63) is 29.6 Å². The average Bonchev–Trinajstić information content (AvgIpc) is 2.28. The summed E-state index contributed by atoms with van der Waals surface area (Å²) in [4.78, 5) is 22.7. The van der Waals surface area contributed by atoms with Crippen molar-refractivity contribution in [3.63, 3.8) is 0 Å². The molecule has 0 radical (unpaired) electrons. The molecule has 0 fully saturated rings. The van der Waals surface area contributed by atoms with E-state index in [2.05, 4.69) is 0 Å². The largest absolute Gasteiger partial charge is 0.478 e. The van der Waals surface area contributed by atoms with Crippen molar-refractivity contribution in [1.29, 1.82) is 0 Å². The average molecular weight is 241 g/mol. The highest BCUT2D eigenvalue weighted by Gasteiger charge is 2.34. The van der Waals surface area contributed by atoms with Crippen LogP contribution in [0.1, 0.15) is 12.0 Å². The SMILES string of the molecule is O=C(O)C(F)N1C(=O)CCc2cc(F)ccc21. The molecule has 6 heteroatoms. The van der Waals surface area contributed by atoms with Gasteiger partial charge in [0.15, 0.2) is 0 Å². The number of amides is 1. The lowest BCUT2D eigenvalue weighted by molar-refractivity contribution is -0.144. The van der Waals surface area contributed by atoms with E-state index in [0.29, 0.717) is 10.5 Å². The highest BCUT2D eigenvalue weighted by Crippen LogP contribution is 2.30. The molecule has 0 aliphatic carbocycles. The van der Waals surface area contributed by atoms with Crippen LogP contribution in [0.3, 0.4) is 0 Å². The topological polar surface area (TPSA) is 57.6 Å². The second-order valence-electron chi connectivity index (χ2n) is 3.71. The van der Waals surface area contributed by atoms with Gasteiger partial charge < -0.3 is 5.11 Å². The summed E-state index contributed by atoms with van der Waals surface area (Å²) in [5.41, 5.74) is 0.561.